The third-order valence-corrected chi connectivity index (χ3v) is 2.56. The molecule has 15 heavy (non-hydrogen) atoms. The van der Waals surface area contributed by atoms with Crippen LogP contribution in [0.4, 0.5) is 0 Å². The summed E-state index contributed by atoms with van der Waals surface area (Å²) in [6.07, 6.45) is 0.536. The Labute approximate surface area is 88.0 Å². The second-order valence-corrected chi connectivity index (χ2v) is 3.56. The smallest absolute Gasteiger partial charge is 0.180 e. The van der Waals surface area contributed by atoms with Crippen molar-refractivity contribution in [1.29, 1.82) is 5.41 Å². The van der Waals surface area contributed by atoms with Crippen molar-refractivity contribution in [1.82, 2.24) is 0 Å². The predicted molar refractivity (Wildman–Crippen MR) is 55.7 cm³/mol. The highest BCUT2D eigenvalue weighted by atomic mass is 16.5. The number of rotatable bonds is 2. The molecule has 0 fully saturated rings. The molecule has 0 saturated carbocycles. The summed E-state index contributed by atoms with van der Waals surface area (Å²) in [7, 11) is 1.50. The van der Waals surface area contributed by atoms with E-state index in [4.69, 9.17) is 14.9 Å². The first kappa shape index (κ1) is 9.83. The number of nitrogens with one attached hydrogen (secondary N) is 1. The Bertz CT molecular complexity index is 389. The van der Waals surface area contributed by atoms with E-state index in [1.807, 2.05) is 6.07 Å². The number of fused-ring (bicyclic) bond motifs is 1. The number of phenols is 1. The van der Waals surface area contributed by atoms with Crippen LogP contribution in [0.25, 0.3) is 0 Å². The van der Waals surface area contributed by atoms with E-state index in [1.54, 1.807) is 12.1 Å². The Balaban J connectivity index is 2.18. The molecule has 1 unspecified atom stereocenters. The molecule has 4 heteroatoms. The molecule has 1 atom stereocenters. The summed E-state index contributed by atoms with van der Waals surface area (Å²) in [5.74, 6) is 1.33. The molecule has 1 heterocycles. The summed E-state index contributed by atoms with van der Waals surface area (Å²) in [5.41, 5.74) is 1.04. The maximum absolute atomic E-state index is 9.26. The number of benzene rings is 1. The van der Waals surface area contributed by atoms with Crippen molar-refractivity contribution in [2.24, 2.45) is 0 Å². The summed E-state index contributed by atoms with van der Waals surface area (Å²) < 4.78 is 10.3. The Hall–Kier alpha value is -1.71. The zero-order valence-corrected chi connectivity index (χ0v) is 8.49. The Morgan fingerprint density at radius 1 is 1.67 bits per heavy atom. The maximum atomic E-state index is 9.26. The van der Waals surface area contributed by atoms with Crippen LogP contribution >= 0.6 is 0 Å². The monoisotopic (exact) mass is 207 g/mol. The minimum Gasteiger partial charge on any atom is -0.508 e. The fourth-order valence-electron chi connectivity index (χ4n) is 1.74. The van der Waals surface area contributed by atoms with E-state index in [9.17, 15) is 5.11 Å². The highest BCUT2D eigenvalue weighted by Crippen LogP contribution is 2.37. The molecule has 80 valence electrons. The van der Waals surface area contributed by atoms with Crippen molar-refractivity contribution in [2.75, 3.05) is 13.7 Å². The van der Waals surface area contributed by atoms with Crippen LogP contribution in [0.5, 0.6) is 11.5 Å². The summed E-state index contributed by atoms with van der Waals surface area (Å²) in [6, 6.07) is 5.08. The number of methoxy groups -OCH3 is 1. The van der Waals surface area contributed by atoms with Gasteiger partial charge < -0.3 is 14.6 Å². The molecule has 0 aromatic heterocycles. The van der Waals surface area contributed by atoms with Crippen molar-refractivity contribution in [3.8, 4) is 11.5 Å². The lowest BCUT2D eigenvalue weighted by atomic mass is 9.98. The van der Waals surface area contributed by atoms with Crippen LogP contribution in [0.2, 0.25) is 0 Å². The zero-order chi connectivity index (χ0) is 10.8. The molecule has 0 amide bonds. The lowest BCUT2D eigenvalue weighted by molar-refractivity contribution is 0.320. The van der Waals surface area contributed by atoms with E-state index >= 15 is 0 Å². The molecule has 0 saturated heterocycles. The maximum Gasteiger partial charge on any atom is 0.180 e. The highest BCUT2D eigenvalue weighted by molar-refractivity contribution is 5.74. The van der Waals surface area contributed by atoms with E-state index in [-0.39, 0.29) is 17.6 Å². The van der Waals surface area contributed by atoms with Gasteiger partial charge in [-0.3, -0.25) is 5.41 Å². The van der Waals surface area contributed by atoms with Crippen LogP contribution in [0.3, 0.4) is 0 Å². The topological polar surface area (TPSA) is 62.5 Å². The van der Waals surface area contributed by atoms with Crippen molar-refractivity contribution in [2.45, 2.75) is 12.3 Å². The van der Waals surface area contributed by atoms with E-state index < -0.39 is 0 Å². The van der Waals surface area contributed by atoms with Gasteiger partial charge in [-0.2, -0.15) is 0 Å². The first-order valence-electron chi connectivity index (χ1n) is 4.78. The largest absolute Gasteiger partial charge is 0.508 e. The van der Waals surface area contributed by atoms with Crippen molar-refractivity contribution in [3.05, 3.63) is 23.8 Å². The van der Waals surface area contributed by atoms with E-state index in [2.05, 4.69) is 0 Å². The number of phenolic OH excluding ortho intramolecular Hbond substituents is 1. The number of hydrogen-bond donors (Lipinski definition) is 2. The fraction of sp³-hybridized carbons (Fsp3) is 0.364. The van der Waals surface area contributed by atoms with Gasteiger partial charge in [0.05, 0.1) is 13.7 Å². The molecule has 2 N–H and O–H groups in total. The molecule has 1 aliphatic heterocycles. The molecule has 4 nitrogen and oxygen atoms in total. The third kappa shape index (κ3) is 1.88. The van der Waals surface area contributed by atoms with Crippen LogP contribution in [0.15, 0.2) is 18.2 Å². The van der Waals surface area contributed by atoms with E-state index in [0.29, 0.717) is 18.8 Å². The van der Waals surface area contributed by atoms with Gasteiger partial charge in [0, 0.05) is 24.0 Å². The van der Waals surface area contributed by atoms with Gasteiger partial charge in [0.15, 0.2) is 5.90 Å². The van der Waals surface area contributed by atoms with Gasteiger partial charge >= 0.3 is 0 Å². The normalized spacial score (nSPS) is 18.1. The van der Waals surface area contributed by atoms with Crippen molar-refractivity contribution >= 4 is 5.90 Å². The molecular formula is C11H13NO3. The van der Waals surface area contributed by atoms with Crippen LogP contribution < -0.4 is 4.74 Å². The zero-order valence-electron chi connectivity index (χ0n) is 8.49. The van der Waals surface area contributed by atoms with Gasteiger partial charge in [-0.1, -0.05) is 6.07 Å². The average molecular weight is 207 g/mol. The Morgan fingerprint density at radius 3 is 3.20 bits per heavy atom. The van der Waals surface area contributed by atoms with Crippen molar-refractivity contribution in [3.63, 3.8) is 0 Å². The van der Waals surface area contributed by atoms with Crippen LogP contribution in [-0.4, -0.2) is 24.7 Å². The third-order valence-electron chi connectivity index (χ3n) is 2.56. The molecular weight excluding hydrogens is 194 g/mol. The first-order chi connectivity index (χ1) is 7.20. The first-order valence-corrected chi connectivity index (χ1v) is 4.78. The summed E-state index contributed by atoms with van der Waals surface area (Å²) >= 11 is 0. The summed E-state index contributed by atoms with van der Waals surface area (Å²) in [5, 5.41) is 16.7. The lowest BCUT2D eigenvalue weighted by Gasteiger charge is -2.08. The standard InChI is InChI=1S/C11H13NO3/c1-14-11(12)4-7-6-15-10-5-8(13)2-3-9(7)10/h2-3,5,7,12-13H,4,6H2,1H3. The second kappa shape index (κ2) is 3.81. The van der Waals surface area contributed by atoms with Crippen LogP contribution in [0, 0.1) is 5.41 Å². The van der Waals surface area contributed by atoms with Gasteiger partial charge in [0.25, 0.3) is 0 Å². The van der Waals surface area contributed by atoms with E-state index in [1.165, 1.54) is 7.11 Å². The SMILES string of the molecule is COC(=N)CC1COc2cc(O)ccc21. The van der Waals surface area contributed by atoms with Gasteiger partial charge in [0.1, 0.15) is 11.5 Å². The number of ether oxygens (including phenoxy) is 2. The fourth-order valence-corrected chi connectivity index (χ4v) is 1.74. The minimum atomic E-state index is 0.160. The van der Waals surface area contributed by atoms with Crippen molar-refractivity contribution < 1.29 is 14.6 Å². The molecule has 0 radical (unpaired) electrons. The molecule has 1 aliphatic rings. The van der Waals surface area contributed by atoms with Gasteiger partial charge in [-0.25, -0.2) is 0 Å². The predicted octanol–water partition coefficient (Wildman–Crippen LogP) is 1.88. The molecule has 0 spiro atoms. The highest BCUT2D eigenvalue weighted by Gasteiger charge is 2.25. The van der Waals surface area contributed by atoms with Gasteiger partial charge in [0.2, 0.25) is 0 Å². The molecule has 1 aromatic carbocycles. The second-order valence-electron chi connectivity index (χ2n) is 3.56. The molecule has 1 aromatic rings. The molecule has 2 rings (SSSR count). The molecule has 0 aliphatic carbocycles. The quantitative estimate of drug-likeness (QED) is 0.575. The van der Waals surface area contributed by atoms with Crippen LogP contribution in [-0.2, 0) is 4.74 Å². The lowest BCUT2D eigenvalue weighted by Crippen LogP contribution is -2.08. The minimum absolute atomic E-state index is 0.160. The van der Waals surface area contributed by atoms with Gasteiger partial charge in [-0.05, 0) is 6.07 Å². The molecule has 0 bridgehead atoms. The van der Waals surface area contributed by atoms with Gasteiger partial charge in [-0.15, -0.1) is 0 Å². The Morgan fingerprint density at radius 2 is 2.47 bits per heavy atom. The Kier molecular flexibility index (Phi) is 2.49. The van der Waals surface area contributed by atoms with E-state index in [0.717, 1.165) is 5.56 Å². The van der Waals surface area contributed by atoms with Crippen LogP contribution in [0.1, 0.15) is 17.9 Å². The summed E-state index contributed by atoms with van der Waals surface area (Å²) in [4.78, 5) is 0. The number of aromatic hydroxyl groups is 1. The summed E-state index contributed by atoms with van der Waals surface area (Å²) in [6.45, 7) is 0.546. The number of hydrogen-bond acceptors (Lipinski definition) is 4. The average Bonchev–Trinajstić information content (AvgIpc) is 2.60.